The highest BCUT2D eigenvalue weighted by Crippen LogP contribution is 2.44. The maximum Gasteiger partial charge on any atom is 0.161 e. The van der Waals surface area contributed by atoms with E-state index in [0.29, 0.717) is 17.9 Å². The highest BCUT2D eigenvalue weighted by molar-refractivity contribution is 5.12. The molecule has 7 atom stereocenters. The Balaban J connectivity index is 2.16. The van der Waals surface area contributed by atoms with Crippen LogP contribution in [-0.2, 0) is 14.2 Å². The first-order valence-corrected chi connectivity index (χ1v) is 9.02. The van der Waals surface area contributed by atoms with E-state index in [-0.39, 0.29) is 23.9 Å². The summed E-state index contributed by atoms with van der Waals surface area (Å²) in [6.07, 6.45) is 5.46. The zero-order valence-corrected chi connectivity index (χ0v) is 15.4. The van der Waals surface area contributed by atoms with Crippen molar-refractivity contribution in [3.63, 3.8) is 0 Å². The van der Waals surface area contributed by atoms with Crippen molar-refractivity contribution >= 4 is 0 Å². The average molecular weight is 310 g/mol. The number of allylic oxidation sites excluding steroid dienone is 1. The normalized spacial score (nSPS) is 47.7. The van der Waals surface area contributed by atoms with Gasteiger partial charge in [-0.1, -0.05) is 34.6 Å². The highest BCUT2D eigenvalue weighted by atomic mass is 16.7. The van der Waals surface area contributed by atoms with Crippen molar-refractivity contribution in [3.05, 3.63) is 11.8 Å². The van der Waals surface area contributed by atoms with E-state index >= 15 is 0 Å². The molecule has 0 saturated carbocycles. The summed E-state index contributed by atoms with van der Waals surface area (Å²) in [4.78, 5) is 0. The second-order valence-corrected chi connectivity index (χ2v) is 7.41. The lowest BCUT2D eigenvalue weighted by Crippen LogP contribution is -2.47. The van der Waals surface area contributed by atoms with Gasteiger partial charge in [0.05, 0.1) is 11.9 Å². The maximum absolute atomic E-state index is 6.53. The lowest BCUT2D eigenvalue weighted by molar-refractivity contribution is -0.267. The molecule has 5 unspecified atom stereocenters. The van der Waals surface area contributed by atoms with Crippen LogP contribution in [0.5, 0.6) is 0 Å². The molecule has 22 heavy (non-hydrogen) atoms. The molecule has 0 bridgehead atoms. The van der Waals surface area contributed by atoms with Gasteiger partial charge in [-0.3, -0.25) is 0 Å². The van der Waals surface area contributed by atoms with Gasteiger partial charge in [0.1, 0.15) is 11.7 Å². The van der Waals surface area contributed by atoms with Crippen LogP contribution in [0.15, 0.2) is 11.8 Å². The van der Waals surface area contributed by atoms with E-state index in [4.69, 9.17) is 14.2 Å². The second kappa shape index (κ2) is 6.92. The third-order valence-corrected chi connectivity index (χ3v) is 5.87. The molecule has 3 heteroatoms. The van der Waals surface area contributed by atoms with E-state index in [1.165, 1.54) is 0 Å². The van der Waals surface area contributed by atoms with Crippen molar-refractivity contribution in [2.24, 2.45) is 17.8 Å². The Kier molecular flexibility index (Phi) is 5.60. The van der Waals surface area contributed by atoms with Gasteiger partial charge in [-0.05, 0) is 45.1 Å². The van der Waals surface area contributed by atoms with Gasteiger partial charge in [0, 0.05) is 11.8 Å². The van der Waals surface area contributed by atoms with Gasteiger partial charge in [-0.2, -0.15) is 0 Å². The van der Waals surface area contributed by atoms with E-state index in [1.807, 2.05) is 6.92 Å². The van der Waals surface area contributed by atoms with E-state index in [2.05, 4.69) is 47.6 Å². The fourth-order valence-electron chi connectivity index (χ4n) is 3.79. The predicted octanol–water partition coefficient (Wildman–Crippen LogP) is 4.91. The molecule has 2 aliphatic rings. The first-order chi connectivity index (χ1) is 10.4. The third-order valence-electron chi connectivity index (χ3n) is 5.87. The Bertz CT molecular complexity index is 405. The number of ether oxygens (including phenoxy) is 3. The zero-order valence-electron chi connectivity index (χ0n) is 15.4. The van der Waals surface area contributed by atoms with E-state index < -0.39 is 0 Å². The SMILES string of the molecule is C/C=C1/OC(C)(CC)C(OC2OC(CC)CC(C)[C@H]2C)[C@H]1C. The molecule has 128 valence electrons. The van der Waals surface area contributed by atoms with Crippen LogP contribution >= 0.6 is 0 Å². The summed E-state index contributed by atoms with van der Waals surface area (Å²) >= 11 is 0. The van der Waals surface area contributed by atoms with Crippen LogP contribution in [0, 0.1) is 17.8 Å². The first-order valence-electron chi connectivity index (χ1n) is 9.02. The molecule has 0 aliphatic carbocycles. The third kappa shape index (κ3) is 3.21. The predicted molar refractivity (Wildman–Crippen MR) is 89.5 cm³/mol. The van der Waals surface area contributed by atoms with Gasteiger partial charge in [-0.25, -0.2) is 0 Å². The zero-order chi connectivity index (χ0) is 16.5. The lowest BCUT2D eigenvalue weighted by Gasteiger charge is -2.42. The fourth-order valence-corrected chi connectivity index (χ4v) is 3.79. The summed E-state index contributed by atoms with van der Waals surface area (Å²) in [6, 6.07) is 0. The molecule has 2 rings (SSSR count). The van der Waals surface area contributed by atoms with Gasteiger partial charge in [-0.15, -0.1) is 0 Å². The fraction of sp³-hybridized carbons (Fsp3) is 0.895. The van der Waals surface area contributed by atoms with Gasteiger partial charge in [0.15, 0.2) is 6.29 Å². The van der Waals surface area contributed by atoms with Gasteiger partial charge < -0.3 is 14.2 Å². The van der Waals surface area contributed by atoms with Gasteiger partial charge >= 0.3 is 0 Å². The Morgan fingerprint density at radius 2 is 1.95 bits per heavy atom. The molecule has 0 aromatic rings. The molecular formula is C19H34O3. The van der Waals surface area contributed by atoms with Crippen LogP contribution in [0.2, 0.25) is 0 Å². The topological polar surface area (TPSA) is 27.7 Å². The summed E-state index contributed by atoms with van der Waals surface area (Å²) in [5.41, 5.74) is -0.257. The molecule has 0 aromatic heterocycles. The second-order valence-electron chi connectivity index (χ2n) is 7.41. The smallest absolute Gasteiger partial charge is 0.161 e. The van der Waals surface area contributed by atoms with Gasteiger partial charge in [0.2, 0.25) is 0 Å². The molecule has 0 amide bonds. The summed E-state index contributed by atoms with van der Waals surface area (Å²) < 4.78 is 19.0. The number of hydrogen-bond donors (Lipinski definition) is 0. The molecule has 2 heterocycles. The maximum atomic E-state index is 6.53. The van der Waals surface area contributed by atoms with Crippen molar-refractivity contribution in [1.82, 2.24) is 0 Å². The summed E-state index contributed by atoms with van der Waals surface area (Å²) in [6.45, 7) is 15.3. The molecule has 2 aliphatic heterocycles. The Labute approximate surface area is 136 Å². The van der Waals surface area contributed by atoms with Crippen LogP contribution in [0.1, 0.15) is 67.7 Å². The Hall–Kier alpha value is -0.540. The van der Waals surface area contributed by atoms with Crippen molar-refractivity contribution in [2.75, 3.05) is 0 Å². The minimum Gasteiger partial charge on any atom is -0.489 e. The molecule has 2 fully saturated rings. The average Bonchev–Trinajstić information content (AvgIpc) is 2.76. The molecule has 0 radical (unpaired) electrons. The Morgan fingerprint density at radius 1 is 1.27 bits per heavy atom. The molecular weight excluding hydrogens is 276 g/mol. The minimum atomic E-state index is -0.257. The van der Waals surface area contributed by atoms with Crippen molar-refractivity contribution in [1.29, 1.82) is 0 Å². The van der Waals surface area contributed by atoms with E-state index in [1.54, 1.807) is 0 Å². The van der Waals surface area contributed by atoms with Crippen molar-refractivity contribution < 1.29 is 14.2 Å². The van der Waals surface area contributed by atoms with Crippen LogP contribution in [-0.4, -0.2) is 24.1 Å². The standard InChI is InChI=1S/C19H34O3/c1-8-15-11-12(4)13(5)18(20-15)21-17-14(6)16(9-2)22-19(17,7)10-3/h9,12-15,17-18H,8,10-11H2,1-7H3/b16-9+/t12?,13-,14+,15?,17?,18?,19?/m1/s1. The molecule has 0 spiro atoms. The van der Waals surface area contributed by atoms with Crippen LogP contribution in [0.3, 0.4) is 0 Å². The number of rotatable bonds is 4. The molecule has 0 aromatic carbocycles. The quantitative estimate of drug-likeness (QED) is 0.738. The number of hydrogen-bond acceptors (Lipinski definition) is 3. The van der Waals surface area contributed by atoms with Crippen LogP contribution in [0.4, 0.5) is 0 Å². The highest BCUT2D eigenvalue weighted by Gasteiger charge is 2.50. The van der Waals surface area contributed by atoms with Crippen molar-refractivity contribution in [2.45, 2.75) is 91.8 Å². The summed E-state index contributed by atoms with van der Waals surface area (Å²) in [5, 5.41) is 0. The Morgan fingerprint density at radius 3 is 2.50 bits per heavy atom. The lowest BCUT2D eigenvalue weighted by atomic mass is 9.85. The van der Waals surface area contributed by atoms with Crippen LogP contribution in [0.25, 0.3) is 0 Å². The van der Waals surface area contributed by atoms with E-state index in [0.717, 1.165) is 25.0 Å². The van der Waals surface area contributed by atoms with Crippen molar-refractivity contribution in [3.8, 4) is 0 Å². The van der Waals surface area contributed by atoms with Gasteiger partial charge in [0.25, 0.3) is 0 Å². The molecule has 2 saturated heterocycles. The summed E-state index contributed by atoms with van der Waals surface area (Å²) in [7, 11) is 0. The minimum absolute atomic E-state index is 0.0546. The summed E-state index contributed by atoms with van der Waals surface area (Å²) in [5.74, 6) is 2.39. The molecule has 0 N–H and O–H groups in total. The molecule has 3 nitrogen and oxygen atoms in total. The first kappa shape index (κ1) is 17.8. The largest absolute Gasteiger partial charge is 0.489 e. The van der Waals surface area contributed by atoms with E-state index in [9.17, 15) is 0 Å². The van der Waals surface area contributed by atoms with Crippen LogP contribution < -0.4 is 0 Å². The monoisotopic (exact) mass is 310 g/mol.